The number of allylic oxidation sites excluding steroid dienone is 2. The van der Waals surface area contributed by atoms with Crippen molar-refractivity contribution >= 4 is 40.0 Å². The Kier molecular flexibility index (Phi) is 6.28. The lowest BCUT2D eigenvalue weighted by atomic mass is 10.2. The fraction of sp³-hybridized carbons (Fsp3) is 0.231. The number of nitro groups is 1. The highest BCUT2D eigenvalue weighted by Crippen LogP contribution is 2.25. The zero-order valence-electron chi connectivity index (χ0n) is 11.3. The van der Waals surface area contributed by atoms with Crippen LogP contribution in [0.5, 0.6) is 5.75 Å². The number of rotatable bonds is 2. The molecule has 0 aliphatic carbocycles. The van der Waals surface area contributed by atoms with Crippen LogP contribution in [0.4, 0.5) is 5.69 Å². The fourth-order valence-corrected chi connectivity index (χ4v) is 1.96. The third-order valence-corrected chi connectivity index (χ3v) is 3.22. The third kappa shape index (κ3) is 5.50. The number of carbonyl (C=O) groups is 2. The van der Waals surface area contributed by atoms with Gasteiger partial charge in [0.15, 0.2) is 5.78 Å². The molecule has 2 rings (SSSR count). The first kappa shape index (κ1) is 17.1. The van der Waals surface area contributed by atoms with E-state index in [0.29, 0.717) is 15.1 Å². The van der Waals surface area contributed by atoms with Crippen LogP contribution >= 0.6 is 22.6 Å². The van der Waals surface area contributed by atoms with Gasteiger partial charge in [-0.3, -0.25) is 19.7 Å². The van der Waals surface area contributed by atoms with E-state index in [-0.39, 0.29) is 17.9 Å². The van der Waals surface area contributed by atoms with Crippen molar-refractivity contribution in [1.29, 1.82) is 0 Å². The maximum atomic E-state index is 10.5. The molecule has 1 aromatic carbocycles. The number of ketones is 1. The zero-order valence-corrected chi connectivity index (χ0v) is 13.4. The molecule has 1 aliphatic heterocycles. The first-order valence-corrected chi connectivity index (χ1v) is 6.81. The van der Waals surface area contributed by atoms with Crippen LogP contribution in [0.15, 0.2) is 30.0 Å². The van der Waals surface area contributed by atoms with E-state index < -0.39 is 10.9 Å². The second-order valence-corrected chi connectivity index (χ2v) is 5.11. The van der Waals surface area contributed by atoms with Crippen molar-refractivity contribution in [3.05, 3.63) is 43.7 Å². The van der Waals surface area contributed by atoms with Crippen LogP contribution in [0.1, 0.15) is 13.3 Å². The molecule has 0 saturated carbocycles. The Morgan fingerprint density at radius 1 is 1.38 bits per heavy atom. The Morgan fingerprint density at radius 3 is 2.52 bits per heavy atom. The number of hydrogen-bond acceptors (Lipinski definition) is 6. The molecular weight excluding hydrogens is 393 g/mol. The van der Waals surface area contributed by atoms with Crippen molar-refractivity contribution in [1.82, 2.24) is 0 Å². The summed E-state index contributed by atoms with van der Waals surface area (Å²) in [5.41, 5.74) is 0.0787. The standard InChI is InChI=1S/C7H6INO3.C6H6O3/c1-12-5-2-3-6(8)7(4-5)9(10)11;1-4-2-5(7)3-6(8)9-4/h2-4H,1H3;2H,3H2,1H3. The highest BCUT2D eigenvalue weighted by molar-refractivity contribution is 14.1. The van der Waals surface area contributed by atoms with E-state index in [4.69, 9.17) is 4.74 Å². The second-order valence-electron chi connectivity index (χ2n) is 3.95. The van der Waals surface area contributed by atoms with Gasteiger partial charge in [0.05, 0.1) is 21.7 Å². The minimum atomic E-state index is -0.458. The number of benzene rings is 1. The van der Waals surface area contributed by atoms with Crippen molar-refractivity contribution in [2.24, 2.45) is 0 Å². The molecule has 0 unspecified atom stereocenters. The minimum absolute atomic E-state index is 0.0787. The van der Waals surface area contributed by atoms with Gasteiger partial charge >= 0.3 is 5.97 Å². The summed E-state index contributed by atoms with van der Waals surface area (Å²) in [5, 5.41) is 10.4. The van der Waals surface area contributed by atoms with E-state index >= 15 is 0 Å². The average molecular weight is 405 g/mol. The topological polar surface area (TPSA) is 95.7 Å². The monoisotopic (exact) mass is 405 g/mol. The maximum absolute atomic E-state index is 10.5. The lowest BCUT2D eigenvalue weighted by Crippen LogP contribution is -2.14. The van der Waals surface area contributed by atoms with Crippen LogP contribution in [0.3, 0.4) is 0 Å². The van der Waals surface area contributed by atoms with E-state index in [1.807, 2.05) is 22.6 Å². The van der Waals surface area contributed by atoms with E-state index in [0.717, 1.165) is 0 Å². The Balaban J connectivity index is 0.000000219. The molecule has 0 radical (unpaired) electrons. The number of carbonyl (C=O) groups excluding carboxylic acids is 2. The minimum Gasteiger partial charge on any atom is -0.497 e. The molecule has 0 saturated heterocycles. The number of nitro benzene ring substituents is 1. The van der Waals surface area contributed by atoms with Gasteiger partial charge in [-0.2, -0.15) is 0 Å². The van der Waals surface area contributed by atoms with Gasteiger partial charge in [-0.25, -0.2) is 0 Å². The van der Waals surface area contributed by atoms with Crippen LogP contribution < -0.4 is 4.74 Å². The molecule has 1 heterocycles. The molecule has 1 aliphatic rings. The number of nitrogens with zero attached hydrogens (tertiary/aromatic N) is 1. The maximum Gasteiger partial charge on any atom is 0.318 e. The number of hydrogen-bond donors (Lipinski definition) is 0. The van der Waals surface area contributed by atoms with Crippen LogP contribution in [0, 0.1) is 13.7 Å². The molecule has 112 valence electrons. The molecule has 0 N–H and O–H groups in total. The zero-order chi connectivity index (χ0) is 16.0. The first-order valence-electron chi connectivity index (χ1n) is 5.73. The molecule has 0 bridgehead atoms. The summed E-state index contributed by atoms with van der Waals surface area (Å²) in [6.07, 6.45) is 1.21. The van der Waals surface area contributed by atoms with Gasteiger partial charge in [-0.05, 0) is 41.6 Å². The molecular formula is C13H12INO6. The van der Waals surface area contributed by atoms with Gasteiger partial charge in [0.2, 0.25) is 0 Å². The highest BCUT2D eigenvalue weighted by atomic mass is 127. The van der Waals surface area contributed by atoms with Crippen molar-refractivity contribution in [2.75, 3.05) is 7.11 Å². The first-order chi connectivity index (χ1) is 9.83. The molecule has 21 heavy (non-hydrogen) atoms. The predicted octanol–water partition coefficient (Wildman–Crippen LogP) is 2.61. The summed E-state index contributed by atoms with van der Waals surface area (Å²) in [4.78, 5) is 30.9. The Morgan fingerprint density at radius 2 is 2.05 bits per heavy atom. The van der Waals surface area contributed by atoms with E-state index in [1.54, 1.807) is 19.1 Å². The van der Waals surface area contributed by atoms with E-state index in [2.05, 4.69) is 4.74 Å². The summed E-state index contributed by atoms with van der Waals surface area (Å²) < 4.78 is 10.0. The molecule has 7 nitrogen and oxygen atoms in total. The van der Waals surface area contributed by atoms with E-state index in [9.17, 15) is 19.7 Å². The third-order valence-electron chi connectivity index (χ3n) is 2.31. The SMILES string of the molecule is CC1=CC(=O)CC(=O)O1.COc1ccc(I)c([N+](=O)[O-])c1. The highest BCUT2D eigenvalue weighted by Gasteiger charge is 2.15. The lowest BCUT2D eigenvalue weighted by Gasteiger charge is -2.06. The van der Waals surface area contributed by atoms with Crippen molar-refractivity contribution in [2.45, 2.75) is 13.3 Å². The number of cyclic esters (lactones) is 1. The Hall–Kier alpha value is -1.97. The molecule has 1 aromatic rings. The van der Waals surface area contributed by atoms with Gasteiger partial charge in [-0.1, -0.05) is 0 Å². The van der Waals surface area contributed by atoms with Crippen molar-refractivity contribution in [3.63, 3.8) is 0 Å². The van der Waals surface area contributed by atoms with Gasteiger partial charge in [0.25, 0.3) is 5.69 Å². The number of esters is 1. The predicted molar refractivity (Wildman–Crippen MR) is 81.8 cm³/mol. The number of halogens is 1. The van der Waals surface area contributed by atoms with Crippen molar-refractivity contribution in [3.8, 4) is 5.75 Å². The van der Waals surface area contributed by atoms with Gasteiger partial charge in [0, 0.05) is 6.08 Å². The number of ether oxygens (including phenoxy) is 2. The molecule has 0 spiro atoms. The quantitative estimate of drug-likeness (QED) is 0.247. The molecule has 0 atom stereocenters. The van der Waals surface area contributed by atoms with Gasteiger partial charge in [0.1, 0.15) is 17.9 Å². The molecule has 0 amide bonds. The summed E-state index contributed by atoms with van der Waals surface area (Å²) in [7, 11) is 1.48. The molecule has 0 aromatic heterocycles. The molecule has 8 heteroatoms. The van der Waals surface area contributed by atoms with Crippen molar-refractivity contribution < 1.29 is 24.0 Å². The number of methoxy groups -OCH3 is 1. The summed E-state index contributed by atoms with van der Waals surface area (Å²) in [6, 6.07) is 4.74. The van der Waals surface area contributed by atoms with Crippen LogP contribution in [-0.2, 0) is 14.3 Å². The normalized spacial score (nSPS) is 13.6. The Bertz CT molecular complexity index is 611. The second kappa shape index (κ2) is 7.72. The Labute approximate surface area is 134 Å². The van der Waals surface area contributed by atoms with Crippen LogP contribution in [0.25, 0.3) is 0 Å². The summed E-state index contributed by atoms with van der Waals surface area (Å²) in [5.74, 6) is 0.252. The summed E-state index contributed by atoms with van der Waals surface area (Å²) in [6.45, 7) is 1.58. The smallest absolute Gasteiger partial charge is 0.318 e. The van der Waals surface area contributed by atoms with E-state index in [1.165, 1.54) is 19.3 Å². The lowest BCUT2D eigenvalue weighted by molar-refractivity contribution is -0.385. The largest absolute Gasteiger partial charge is 0.497 e. The molecule has 0 fully saturated rings. The van der Waals surface area contributed by atoms with Crippen LogP contribution in [-0.4, -0.2) is 23.8 Å². The fourth-order valence-electron chi connectivity index (χ4n) is 1.42. The van der Waals surface area contributed by atoms with Gasteiger partial charge in [-0.15, -0.1) is 0 Å². The van der Waals surface area contributed by atoms with Crippen LogP contribution in [0.2, 0.25) is 0 Å². The summed E-state index contributed by atoms with van der Waals surface area (Å²) >= 11 is 1.91. The van der Waals surface area contributed by atoms with Gasteiger partial charge < -0.3 is 9.47 Å². The average Bonchev–Trinajstić information content (AvgIpc) is 2.38.